The summed E-state index contributed by atoms with van der Waals surface area (Å²) >= 11 is 0. The molecule has 1 aliphatic heterocycles. The summed E-state index contributed by atoms with van der Waals surface area (Å²) < 4.78 is 0. The molecule has 1 fully saturated rings. The Morgan fingerprint density at radius 3 is 2.67 bits per heavy atom. The minimum Gasteiger partial charge on any atom is -0.399 e. The van der Waals surface area contributed by atoms with E-state index in [-0.39, 0.29) is 11.9 Å². The van der Waals surface area contributed by atoms with Gasteiger partial charge in [0.25, 0.3) is 5.91 Å². The van der Waals surface area contributed by atoms with Crippen LogP contribution in [0, 0.1) is 0 Å². The summed E-state index contributed by atoms with van der Waals surface area (Å²) in [7, 11) is 7.89. The van der Waals surface area contributed by atoms with Gasteiger partial charge in [-0.1, -0.05) is 0 Å². The van der Waals surface area contributed by atoms with E-state index in [0.717, 1.165) is 31.6 Å². The Balaban J connectivity index is 2.24. The SMILES string of the molecule is CN1CCCC(N(C)C(=O)c2cc(N)ccc2N(C)C)C1. The van der Waals surface area contributed by atoms with Gasteiger partial charge < -0.3 is 20.4 Å². The van der Waals surface area contributed by atoms with Crippen molar-refractivity contribution in [1.82, 2.24) is 9.80 Å². The van der Waals surface area contributed by atoms with Crippen LogP contribution in [0.5, 0.6) is 0 Å². The maximum atomic E-state index is 12.9. The number of piperidine rings is 1. The minimum absolute atomic E-state index is 0.0475. The van der Waals surface area contributed by atoms with Crippen LogP contribution in [0.2, 0.25) is 0 Å². The zero-order valence-corrected chi connectivity index (χ0v) is 13.5. The molecule has 2 rings (SSSR count). The first-order valence-electron chi connectivity index (χ1n) is 7.42. The third kappa shape index (κ3) is 3.47. The standard InChI is InChI=1S/C16H26N4O/c1-18(2)15-8-7-12(17)10-14(15)16(21)20(4)13-6-5-9-19(3)11-13/h7-8,10,13H,5-6,9,11,17H2,1-4H3. The normalized spacial score (nSPS) is 19.3. The summed E-state index contributed by atoms with van der Waals surface area (Å²) in [5.41, 5.74) is 8.08. The highest BCUT2D eigenvalue weighted by atomic mass is 16.2. The molecule has 1 heterocycles. The lowest BCUT2D eigenvalue weighted by molar-refractivity contribution is 0.0644. The van der Waals surface area contributed by atoms with Crippen molar-refractivity contribution in [2.45, 2.75) is 18.9 Å². The zero-order valence-electron chi connectivity index (χ0n) is 13.5. The number of amides is 1. The van der Waals surface area contributed by atoms with E-state index < -0.39 is 0 Å². The predicted octanol–water partition coefficient (Wildman–Crippen LogP) is 1.50. The number of rotatable bonds is 3. The van der Waals surface area contributed by atoms with E-state index in [1.165, 1.54) is 0 Å². The predicted molar refractivity (Wildman–Crippen MR) is 87.8 cm³/mol. The summed E-state index contributed by atoms with van der Waals surface area (Å²) in [5.74, 6) is 0.0475. The molecule has 1 atom stereocenters. The number of carbonyl (C=O) groups excluding carboxylic acids is 1. The zero-order chi connectivity index (χ0) is 15.6. The Morgan fingerprint density at radius 1 is 1.33 bits per heavy atom. The second kappa shape index (κ2) is 6.35. The van der Waals surface area contributed by atoms with Crippen molar-refractivity contribution in [2.75, 3.05) is 51.9 Å². The third-order valence-electron chi connectivity index (χ3n) is 4.20. The molecule has 5 nitrogen and oxygen atoms in total. The van der Waals surface area contributed by atoms with E-state index in [0.29, 0.717) is 11.3 Å². The maximum absolute atomic E-state index is 12.9. The number of hydrogen-bond acceptors (Lipinski definition) is 4. The molecule has 1 aliphatic rings. The Bertz CT molecular complexity index is 515. The first-order chi connectivity index (χ1) is 9.90. The van der Waals surface area contributed by atoms with Crippen molar-refractivity contribution in [3.63, 3.8) is 0 Å². The molecular weight excluding hydrogens is 264 g/mol. The van der Waals surface area contributed by atoms with Gasteiger partial charge in [-0.2, -0.15) is 0 Å². The van der Waals surface area contributed by atoms with Gasteiger partial charge in [0.05, 0.1) is 5.56 Å². The second-order valence-corrected chi connectivity index (χ2v) is 6.15. The van der Waals surface area contributed by atoms with E-state index in [2.05, 4.69) is 11.9 Å². The van der Waals surface area contributed by atoms with Crippen LogP contribution >= 0.6 is 0 Å². The van der Waals surface area contributed by atoms with Crippen LogP contribution in [-0.4, -0.2) is 63.0 Å². The lowest BCUT2D eigenvalue weighted by Crippen LogP contribution is -2.47. The highest BCUT2D eigenvalue weighted by Crippen LogP contribution is 2.24. The monoisotopic (exact) mass is 290 g/mol. The van der Waals surface area contributed by atoms with E-state index in [9.17, 15) is 4.79 Å². The van der Waals surface area contributed by atoms with Gasteiger partial charge in [-0.25, -0.2) is 0 Å². The first-order valence-corrected chi connectivity index (χ1v) is 7.42. The Morgan fingerprint density at radius 2 is 2.05 bits per heavy atom. The molecular formula is C16H26N4O. The van der Waals surface area contributed by atoms with Crippen LogP contribution in [0.4, 0.5) is 11.4 Å². The third-order valence-corrected chi connectivity index (χ3v) is 4.20. The minimum atomic E-state index is 0.0475. The smallest absolute Gasteiger partial charge is 0.256 e. The van der Waals surface area contributed by atoms with Crippen molar-refractivity contribution < 1.29 is 4.79 Å². The van der Waals surface area contributed by atoms with Crippen molar-refractivity contribution in [3.05, 3.63) is 23.8 Å². The molecule has 5 heteroatoms. The lowest BCUT2D eigenvalue weighted by atomic mass is 10.0. The summed E-state index contributed by atoms with van der Waals surface area (Å²) in [6, 6.07) is 5.79. The molecule has 0 aliphatic carbocycles. The largest absolute Gasteiger partial charge is 0.399 e. The molecule has 1 unspecified atom stereocenters. The Kier molecular flexibility index (Phi) is 4.73. The number of anilines is 2. The van der Waals surface area contributed by atoms with Crippen LogP contribution in [0.3, 0.4) is 0 Å². The number of likely N-dealkylation sites (N-methyl/N-ethyl adjacent to an activating group) is 2. The van der Waals surface area contributed by atoms with Crippen molar-refractivity contribution in [3.8, 4) is 0 Å². The highest BCUT2D eigenvalue weighted by molar-refractivity contribution is 6.00. The fourth-order valence-corrected chi connectivity index (χ4v) is 2.93. The maximum Gasteiger partial charge on any atom is 0.256 e. The molecule has 1 amide bonds. The van der Waals surface area contributed by atoms with Gasteiger partial charge in [0.2, 0.25) is 0 Å². The number of nitrogens with zero attached hydrogens (tertiary/aromatic N) is 3. The second-order valence-electron chi connectivity index (χ2n) is 6.15. The van der Waals surface area contributed by atoms with Crippen molar-refractivity contribution >= 4 is 17.3 Å². The molecule has 21 heavy (non-hydrogen) atoms. The molecule has 1 aromatic carbocycles. The van der Waals surface area contributed by atoms with E-state index in [1.54, 1.807) is 6.07 Å². The molecule has 0 spiro atoms. The number of benzene rings is 1. The molecule has 1 saturated heterocycles. The number of nitrogen functional groups attached to an aromatic ring is 1. The highest BCUT2D eigenvalue weighted by Gasteiger charge is 2.26. The van der Waals surface area contributed by atoms with Crippen LogP contribution < -0.4 is 10.6 Å². The quantitative estimate of drug-likeness (QED) is 0.857. The summed E-state index contributed by atoms with van der Waals surface area (Å²) in [6.45, 7) is 2.04. The van der Waals surface area contributed by atoms with E-state index in [1.807, 2.05) is 43.1 Å². The van der Waals surface area contributed by atoms with Gasteiger partial charge in [-0.05, 0) is 44.6 Å². The van der Waals surface area contributed by atoms with Crippen molar-refractivity contribution in [1.29, 1.82) is 0 Å². The van der Waals surface area contributed by atoms with Crippen LogP contribution in [0.1, 0.15) is 23.2 Å². The topological polar surface area (TPSA) is 52.8 Å². The molecule has 2 N–H and O–H groups in total. The fourth-order valence-electron chi connectivity index (χ4n) is 2.93. The summed E-state index contributed by atoms with van der Waals surface area (Å²) in [4.78, 5) is 19.0. The Labute approximate surface area is 127 Å². The Hall–Kier alpha value is -1.75. The van der Waals surface area contributed by atoms with Gasteiger partial charge in [0.15, 0.2) is 0 Å². The fraction of sp³-hybridized carbons (Fsp3) is 0.562. The number of hydrogen-bond donors (Lipinski definition) is 1. The van der Waals surface area contributed by atoms with Gasteiger partial charge in [-0.3, -0.25) is 4.79 Å². The molecule has 116 valence electrons. The summed E-state index contributed by atoms with van der Waals surface area (Å²) in [6.07, 6.45) is 2.20. The average molecular weight is 290 g/mol. The van der Waals surface area contributed by atoms with Crippen LogP contribution in [0.15, 0.2) is 18.2 Å². The van der Waals surface area contributed by atoms with Gasteiger partial charge in [0, 0.05) is 45.1 Å². The molecule has 0 saturated carbocycles. The van der Waals surface area contributed by atoms with Crippen LogP contribution in [0.25, 0.3) is 0 Å². The molecule has 0 radical (unpaired) electrons. The lowest BCUT2D eigenvalue weighted by Gasteiger charge is -2.36. The van der Waals surface area contributed by atoms with E-state index >= 15 is 0 Å². The number of likely N-dealkylation sites (tertiary alicyclic amines) is 1. The van der Waals surface area contributed by atoms with Gasteiger partial charge >= 0.3 is 0 Å². The average Bonchev–Trinajstić information content (AvgIpc) is 2.45. The van der Waals surface area contributed by atoms with Gasteiger partial charge in [0.1, 0.15) is 0 Å². The van der Waals surface area contributed by atoms with Crippen molar-refractivity contribution in [2.24, 2.45) is 0 Å². The molecule has 1 aromatic rings. The van der Waals surface area contributed by atoms with E-state index in [4.69, 9.17) is 5.73 Å². The molecule has 0 aromatic heterocycles. The number of nitrogens with two attached hydrogens (primary N) is 1. The first kappa shape index (κ1) is 15.6. The summed E-state index contributed by atoms with van der Waals surface area (Å²) in [5, 5.41) is 0. The van der Waals surface area contributed by atoms with Crippen LogP contribution in [-0.2, 0) is 0 Å². The van der Waals surface area contributed by atoms with Gasteiger partial charge in [-0.15, -0.1) is 0 Å². The molecule has 0 bridgehead atoms. The number of carbonyl (C=O) groups is 1.